The van der Waals surface area contributed by atoms with Gasteiger partial charge in [0.2, 0.25) is 5.91 Å². The molecule has 0 unspecified atom stereocenters. The maximum absolute atomic E-state index is 11.9. The van der Waals surface area contributed by atoms with E-state index in [-0.39, 0.29) is 12.5 Å². The van der Waals surface area contributed by atoms with Crippen LogP contribution in [0.4, 0.5) is 0 Å². The summed E-state index contributed by atoms with van der Waals surface area (Å²) >= 11 is 0. The van der Waals surface area contributed by atoms with Crippen LogP contribution in [0, 0.1) is 0 Å². The van der Waals surface area contributed by atoms with Crippen molar-refractivity contribution in [1.29, 1.82) is 0 Å². The van der Waals surface area contributed by atoms with Crippen LogP contribution in [-0.4, -0.2) is 55.2 Å². The summed E-state index contributed by atoms with van der Waals surface area (Å²) in [5.41, 5.74) is 0.994. The van der Waals surface area contributed by atoms with E-state index in [0.717, 1.165) is 44.7 Å². The van der Waals surface area contributed by atoms with Crippen LogP contribution in [0.25, 0.3) is 0 Å². The first-order valence-electron chi connectivity index (χ1n) is 6.82. The van der Waals surface area contributed by atoms with Crippen molar-refractivity contribution in [2.45, 2.75) is 12.8 Å². The third-order valence-corrected chi connectivity index (χ3v) is 3.15. The first-order valence-corrected chi connectivity index (χ1v) is 6.82. The first kappa shape index (κ1) is 14.0. The molecule has 1 aliphatic heterocycles. The molecule has 0 atom stereocenters. The van der Waals surface area contributed by atoms with E-state index < -0.39 is 0 Å². The van der Waals surface area contributed by atoms with Gasteiger partial charge in [-0.05, 0) is 25.1 Å². The van der Waals surface area contributed by atoms with Gasteiger partial charge in [-0.25, -0.2) is 0 Å². The van der Waals surface area contributed by atoms with Gasteiger partial charge in [0.05, 0.1) is 6.61 Å². The zero-order valence-electron chi connectivity index (χ0n) is 11.2. The van der Waals surface area contributed by atoms with Crippen molar-refractivity contribution in [3.63, 3.8) is 0 Å². The van der Waals surface area contributed by atoms with Crippen LogP contribution in [0.15, 0.2) is 24.4 Å². The summed E-state index contributed by atoms with van der Waals surface area (Å²) in [7, 11) is 0. The Labute approximate surface area is 114 Å². The van der Waals surface area contributed by atoms with Crippen LogP contribution in [0.2, 0.25) is 0 Å². The van der Waals surface area contributed by atoms with Gasteiger partial charge in [0, 0.05) is 37.9 Å². The normalized spacial score (nSPS) is 16.1. The van der Waals surface area contributed by atoms with Crippen LogP contribution in [0.3, 0.4) is 0 Å². The molecule has 1 saturated heterocycles. The molecular formula is C14H21N3O2. The number of pyridine rings is 1. The molecule has 104 valence electrons. The fourth-order valence-electron chi connectivity index (χ4n) is 2.07. The highest BCUT2D eigenvalue weighted by Crippen LogP contribution is 1.98. The van der Waals surface area contributed by atoms with Crippen LogP contribution >= 0.6 is 0 Å². The number of nitrogens with one attached hydrogen (secondary N) is 1. The zero-order chi connectivity index (χ0) is 13.3. The second-order valence-corrected chi connectivity index (χ2v) is 4.61. The van der Waals surface area contributed by atoms with Crippen molar-refractivity contribution in [2.24, 2.45) is 0 Å². The lowest BCUT2D eigenvalue weighted by molar-refractivity contribution is -0.135. The van der Waals surface area contributed by atoms with Crippen molar-refractivity contribution in [1.82, 2.24) is 15.2 Å². The van der Waals surface area contributed by atoms with Gasteiger partial charge >= 0.3 is 0 Å². The van der Waals surface area contributed by atoms with Crippen LogP contribution in [-0.2, 0) is 16.0 Å². The average Bonchev–Trinajstić information content (AvgIpc) is 2.73. The van der Waals surface area contributed by atoms with E-state index >= 15 is 0 Å². The monoisotopic (exact) mass is 263 g/mol. The Morgan fingerprint density at radius 2 is 2.32 bits per heavy atom. The van der Waals surface area contributed by atoms with E-state index in [1.54, 1.807) is 6.20 Å². The Bertz CT molecular complexity index is 376. The van der Waals surface area contributed by atoms with Gasteiger partial charge in [0.15, 0.2) is 0 Å². The van der Waals surface area contributed by atoms with Crippen molar-refractivity contribution in [2.75, 3.05) is 39.4 Å². The van der Waals surface area contributed by atoms with Gasteiger partial charge < -0.3 is 15.0 Å². The Morgan fingerprint density at radius 3 is 3.16 bits per heavy atom. The van der Waals surface area contributed by atoms with Gasteiger partial charge in [0.25, 0.3) is 0 Å². The minimum absolute atomic E-state index is 0.0877. The number of carbonyl (C=O) groups excluding carboxylic acids is 1. The van der Waals surface area contributed by atoms with Crippen molar-refractivity contribution >= 4 is 5.91 Å². The lowest BCUT2D eigenvalue weighted by atomic mass is 10.3. The van der Waals surface area contributed by atoms with E-state index in [1.165, 1.54) is 0 Å². The molecule has 0 spiro atoms. The molecule has 2 heterocycles. The first-order chi connectivity index (χ1) is 9.36. The summed E-state index contributed by atoms with van der Waals surface area (Å²) in [6.07, 6.45) is 3.53. The SMILES string of the molecule is O=C(COCCc1ccccn1)N1CCCNCC1. The lowest BCUT2D eigenvalue weighted by Crippen LogP contribution is -2.36. The van der Waals surface area contributed by atoms with Gasteiger partial charge in [-0.1, -0.05) is 6.07 Å². The number of hydrogen-bond donors (Lipinski definition) is 1. The van der Waals surface area contributed by atoms with E-state index in [4.69, 9.17) is 4.74 Å². The van der Waals surface area contributed by atoms with E-state index in [1.807, 2.05) is 23.1 Å². The summed E-state index contributed by atoms with van der Waals surface area (Å²) in [4.78, 5) is 18.0. The maximum atomic E-state index is 11.9. The fourth-order valence-corrected chi connectivity index (χ4v) is 2.07. The number of carbonyl (C=O) groups is 1. The molecule has 1 N–H and O–H groups in total. The van der Waals surface area contributed by atoms with Crippen molar-refractivity contribution in [3.05, 3.63) is 30.1 Å². The topological polar surface area (TPSA) is 54.5 Å². The quantitative estimate of drug-likeness (QED) is 0.784. The van der Waals surface area contributed by atoms with Gasteiger partial charge in [-0.3, -0.25) is 9.78 Å². The largest absolute Gasteiger partial charge is 0.371 e. The Morgan fingerprint density at radius 1 is 1.37 bits per heavy atom. The van der Waals surface area contributed by atoms with Gasteiger partial charge in [0.1, 0.15) is 6.61 Å². The minimum atomic E-state index is 0.0877. The molecule has 0 aromatic carbocycles. The number of ether oxygens (including phenoxy) is 1. The molecular weight excluding hydrogens is 242 g/mol. The molecule has 0 radical (unpaired) electrons. The third kappa shape index (κ3) is 4.96. The molecule has 1 fully saturated rings. The Balaban J connectivity index is 1.63. The molecule has 0 saturated carbocycles. The van der Waals surface area contributed by atoms with E-state index in [2.05, 4.69) is 10.3 Å². The Hall–Kier alpha value is -1.46. The van der Waals surface area contributed by atoms with Gasteiger partial charge in [-0.2, -0.15) is 0 Å². The molecule has 1 amide bonds. The minimum Gasteiger partial charge on any atom is -0.371 e. The number of amides is 1. The number of aromatic nitrogens is 1. The molecule has 1 aromatic heterocycles. The smallest absolute Gasteiger partial charge is 0.248 e. The number of hydrogen-bond acceptors (Lipinski definition) is 4. The second kappa shape index (κ2) is 7.86. The molecule has 19 heavy (non-hydrogen) atoms. The fraction of sp³-hybridized carbons (Fsp3) is 0.571. The molecule has 0 aliphatic carbocycles. The molecule has 1 aromatic rings. The van der Waals surface area contributed by atoms with E-state index in [9.17, 15) is 4.79 Å². The summed E-state index contributed by atoms with van der Waals surface area (Å²) in [6, 6.07) is 5.81. The standard InChI is InChI=1S/C14H21N3O2/c18-14(17-9-3-6-15-8-10-17)12-19-11-5-13-4-1-2-7-16-13/h1-2,4,7,15H,3,5-6,8-12H2. The Kier molecular flexibility index (Phi) is 5.78. The molecule has 1 aliphatic rings. The molecule has 5 heteroatoms. The summed E-state index contributed by atoms with van der Waals surface area (Å²) < 4.78 is 5.44. The highest BCUT2D eigenvalue weighted by molar-refractivity contribution is 5.77. The zero-order valence-corrected chi connectivity index (χ0v) is 11.2. The van der Waals surface area contributed by atoms with Gasteiger partial charge in [-0.15, -0.1) is 0 Å². The van der Waals surface area contributed by atoms with E-state index in [0.29, 0.717) is 6.61 Å². The predicted molar refractivity (Wildman–Crippen MR) is 72.8 cm³/mol. The predicted octanol–water partition coefficient (Wildman–Crippen LogP) is 0.463. The third-order valence-electron chi connectivity index (χ3n) is 3.15. The van der Waals surface area contributed by atoms with Crippen molar-refractivity contribution < 1.29 is 9.53 Å². The summed E-state index contributed by atoms with van der Waals surface area (Å²) in [5.74, 6) is 0.0877. The second-order valence-electron chi connectivity index (χ2n) is 4.61. The lowest BCUT2D eigenvalue weighted by Gasteiger charge is -2.19. The highest BCUT2D eigenvalue weighted by Gasteiger charge is 2.14. The molecule has 2 rings (SSSR count). The highest BCUT2D eigenvalue weighted by atomic mass is 16.5. The maximum Gasteiger partial charge on any atom is 0.248 e. The number of nitrogens with zero attached hydrogens (tertiary/aromatic N) is 2. The van der Waals surface area contributed by atoms with Crippen LogP contribution < -0.4 is 5.32 Å². The van der Waals surface area contributed by atoms with Crippen LogP contribution in [0.1, 0.15) is 12.1 Å². The summed E-state index contributed by atoms with van der Waals surface area (Å²) in [5, 5.41) is 3.28. The average molecular weight is 263 g/mol. The summed E-state index contributed by atoms with van der Waals surface area (Å²) in [6.45, 7) is 4.18. The number of rotatable bonds is 5. The molecule has 5 nitrogen and oxygen atoms in total. The van der Waals surface area contributed by atoms with Crippen LogP contribution in [0.5, 0.6) is 0 Å². The molecule has 0 bridgehead atoms. The van der Waals surface area contributed by atoms with Crippen molar-refractivity contribution in [3.8, 4) is 0 Å².